The predicted molar refractivity (Wildman–Crippen MR) is 58.8 cm³/mol. The summed E-state index contributed by atoms with van der Waals surface area (Å²) in [6.45, 7) is 2.19. The summed E-state index contributed by atoms with van der Waals surface area (Å²) in [4.78, 5) is 3.27. The van der Waals surface area contributed by atoms with Gasteiger partial charge in [-0.25, -0.2) is 0 Å². The summed E-state index contributed by atoms with van der Waals surface area (Å²) in [6.07, 6.45) is 4.38. The summed E-state index contributed by atoms with van der Waals surface area (Å²) in [5, 5.41) is 1.28. The summed E-state index contributed by atoms with van der Waals surface area (Å²) in [5.74, 6) is 0.925. The van der Waals surface area contributed by atoms with E-state index in [4.69, 9.17) is 4.74 Å². The molecule has 2 heteroatoms. The van der Waals surface area contributed by atoms with Crippen molar-refractivity contribution in [2.45, 2.75) is 19.8 Å². The Balaban J connectivity index is 2.52. The molecule has 0 spiro atoms. The van der Waals surface area contributed by atoms with Crippen molar-refractivity contribution in [3.8, 4) is 5.75 Å². The fraction of sp³-hybridized carbons (Fsp3) is 0.333. The van der Waals surface area contributed by atoms with Crippen LogP contribution in [0.5, 0.6) is 5.75 Å². The first-order valence-electron chi connectivity index (χ1n) is 4.99. The molecule has 0 amide bonds. The summed E-state index contributed by atoms with van der Waals surface area (Å²) in [5.41, 5.74) is 2.57. The third-order valence-electron chi connectivity index (χ3n) is 2.49. The highest BCUT2D eigenvalue weighted by molar-refractivity contribution is 5.84. The molecule has 0 unspecified atom stereocenters. The van der Waals surface area contributed by atoms with Crippen LogP contribution in [0.3, 0.4) is 0 Å². The van der Waals surface area contributed by atoms with Crippen LogP contribution in [0.2, 0.25) is 0 Å². The number of hydrogen-bond acceptors (Lipinski definition) is 1. The number of rotatable bonds is 3. The number of aromatic amines is 1. The van der Waals surface area contributed by atoms with Gasteiger partial charge in [-0.1, -0.05) is 13.3 Å². The number of methoxy groups -OCH3 is 1. The van der Waals surface area contributed by atoms with Crippen LogP contribution >= 0.6 is 0 Å². The van der Waals surface area contributed by atoms with Crippen molar-refractivity contribution in [3.05, 3.63) is 30.0 Å². The largest absolute Gasteiger partial charge is 0.497 e. The smallest absolute Gasteiger partial charge is 0.119 e. The standard InChI is InChI=1S/C12H15NO/c1-3-4-9-8-13-12-6-5-10(14-2)7-11(9)12/h5-8,13H,3-4H2,1-2H3. The molecule has 0 fully saturated rings. The Bertz CT molecular complexity index is 431. The van der Waals surface area contributed by atoms with Gasteiger partial charge < -0.3 is 9.72 Å². The lowest BCUT2D eigenvalue weighted by Crippen LogP contribution is -1.83. The van der Waals surface area contributed by atoms with Crippen molar-refractivity contribution in [2.75, 3.05) is 7.11 Å². The van der Waals surface area contributed by atoms with Crippen molar-refractivity contribution >= 4 is 10.9 Å². The monoisotopic (exact) mass is 189 g/mol. The maximum Gasteiger partial charge on any atom is 0.119 e. The average molecular weight is 189 g/mol. The maximum absolute atomic E-state index is 5.21. The highest BCUT2D eigenvalue weighted by Crippen LogP contribution is 2.24. The fourth-order valence-corrected chi connectivity index (χ4v) is 1.76. The van der Waals surface area contributed by atoms with E-state index in [9.17, 15) is 0 Å². The molecule has 74 valence electrons. The minimum absolute atomic E-state index is 0.925. The molecule has 14 heavy (non-hydrogen) atoms. The lowest BCUT2D eigenvalue weighted by molar-refractivity contribution is 0.415. The predicted octanol–water partition coefficient (Wildman–Crippen LogP) is 3.13. The lowest BCUT2D eigenvalue weighted by Gasteiger charge is -2.00. The normalized spacial score (nSPS) is 10.7. The first-order chi connectivity index (χ1) is 6.85. The molecule has 2 rings (SSSR count). The second kappa shape index (κ2) is 3.74. The Morgan fingerprint density at radius 3 is 2.93 bits per heavy atom. The third kappa shape index (κ3) is 1.48. The molecule has 0 bridgehead atoms. The number of benzene rings is 1. The van der Waals surface area contributed by atoms with Crippen molar-refractivity contribution in [3.63, 3.8) is 0 Å². The average Bonchev–Trinajstić information content (AvgIpc) is 2.61. The molecule has 1 N–H and O–H groups in total. The Hall–Kier alpha value is -1.44. The first-order valence-corrected chi connectivity index (χ1v) is 4.99. The van der Waals surface area contributed by atoms with Crippen LogP contribution in [0.4, 0.5) is 0 Å². The lowest BCUT2D eigenvalue weighted by atomic mass is 10.1. The van der Waals surface area contributed by atoms with E-state index < -0.39 is 0 Å². The first kappa shape index (κ1) is 9.13. The molecule has 2 nitrogen and oxygen atoms in total. The van der Waals surface area contributed by atoms with E-state index in [0.717, 1.165) is 12.2 Å². The topological polar surface area (TPSA) is 25.0 Å². The summed E-state index contributed by atoms with van der Waals surface area (Å²) >= 11 is 0. The maximum atomic E-state index is 5.21. The number of nitrogens with one attached hydrogen (secondary N) is 1. The van der Waals surface area contributed by atoms with Crippen molar-refractivity contribution in [1.29, 1.82) is 0 Å². The van der Waals surface area contributed by atoms with Gasteiger partial charge in [0.25, 0.3) is 0 Å². The van der Waals surface area contributed by atoms with E-state index in [2.05, 4.69) is 30.2 Å². The Labute approximate surface area is 83.9 Å². The highest BCUT2D eigenvalue weighted by atomic mass is 16.5. The zero-order valence-corrected chi connectivity index (χ0v) is 8.63. The fourth-order valence-electron chi connectivity index (χ4n) is 1.76. The number of aryl methyl sites for hydroxylation is 1. The van der Waals surface area contributed by atoms with Gasteiger partial charge in [-0.3, -0.25) is 0 Å². The third-order valence-corrected chi connectivity index (χ3v) is 2.49. The molecule has 0 aliphatic rings. The molecule has 2 aromatic rings. The van der Waals surface area contributed by atoms with Crippen LogP contribution in [0.15, 0.2) is 24.4 Å². The van der Waals surface area contributed by atoms with Gasteiger partial charge in [0.05, 0.1) is 7.11 Å². The quantitative estimate of drug-likeness (QED) is 0.788. The van der Waals surface area contributed by atoms with E-state index in [-0.39, 0.29) is 0 Å². The molecule has 0 aliphatic heterocycles. The zero-order chi connectivity index (χ0) is 9.97. The van der Waals surface area contributed by atoms with Crippen molar-refractivity contribution in [1.82, 2.24) is 4.98 Å². The summed E-state index contributed by atoms with van der Waals surface area (Å²) < 4.78 is 5.21. The molecule has 1 aromatic heterocycles. The number of aromatic nitrogens is 1. The van der Waals surface area contributed by atoms with E-state index in [1.54, 1.807) is 7.11 Å². The van der Waals surface area contributed by atoms with Crippen molar-refractivity contribution in [2.24, 2.45) is 0 Å². The van der Waals surface area contributed by atoms with Gasteiger partial charge in [-0.2, -0.15) is 0 Å². The second-order valence-electron chi connectivity index (χ2n) is 3.48. The SMILES string of the molecule is CCCc1c[nH]c2ccc(OC)cc12. The molecule has 0 radical (unpaired) electrons. The molecular weight excluding hydrogens is 174 g/mol. The molecule has 0 saturated heterocycles. The van der Waals surface area contributed by atoms with Gasteiger partial charge >= 0.3 is 0 Å². The number of H-pyrrole nitrogens is 1. The minimum atomic E-state index is 0.925. The molecular formula is C12H15NO. The number of fused-ring (bicyclic) bond motifs is 1. The van der Waals surface area contributed by atoms with E-state index >= 15 is 0 Å². The van der Waals surface area contributed by atoms with E-state index in [1.165, 1.54) is 22.9 Å². The number of ether oxygens (including phenoxy) is 1. The Morgan fingerprint density at radius 1 is 1.36 bits per heavy atom. The van der Waals surface area contributed by atoms with Crippen LogP contribution in [-0.4, -0.2) is 12.1 Å². The van der Waals surface area contributed by atoms with Gasteiger partial charge in [0, 0.05) is 17.1 Å². The van der Waals surface area contributed by atoms with Gasteiger partial charge in [-0.15, -0.1) is 0 Å². The van der Waals surface area contributed by atoms with Gasteiger partial charge in [0.1, 0.15) is 5.75 Å². The molecule has 0 atom stereocenters. The summed E-state index contributed by atoms with van der Waals surface area (Å²) in [6, 6.07) is 6.14. The Kier molecular flexibility index (Phi) is 2.44. The second-order valence-corrected chi connectivity index (χ2v) is 3.48. The Morgan fingerprint density at radius 2 is 2.21 bits per heavy atom. The molecule has 0 aliphatic carbocycles. The van der Waals surface area contributed by atoms with E-state index in [0.29, 0.717) is 0 Å². The van der Waals surface area contributed by atoms with Crippen LogP contribution in [0, 0.1) is 0 Å². The van der Waals surface area contributed by atoms with Gasteiger partial charge in [0.15, 0.2) is 0 Å². The molecule has 1 aromatic carbocycles. The van der Waals surface area contributed by atoms with Gasteiger partial charge in [-0.05, 0) is 30.2 Å². The van der Waals surface area contributed by atoms with Crippen molar-refractivity contribution < 1.29 is 4.74 Å². The molecule has 0 saturated carbocycles. The van der Waals surface area contributed by atoms with Crippen LogP contribution in [-0.2, 0) is 6.42 Å². The summed E-state index contributed by atoms with van der Waals surface area (Å²) in [7, 11) is 1.70. The van der Waals surface area contributed by atoms with E-state index in [1.807, 2.05) is 6.07 Å². The van der Waals surface area contributed by atoms with Crippen LogP contribution in [0.25, 0.3) is 10.9 Å². The molecule has 1 heterocycles. The van der Waals surface area contributed by atoms with Crippen LogP contribution < -0.4 is 4.74 Å². The number of hydrogen-bond donors (Lipinski definition) is 1. The van der Waals surface area contributed by atoms with Gasteiger partial charge in [0.2, 0.25) is 0 Å². The minimum Gasteiger partial charge on any atom is -0.497 e. The van der Waals surface area contributed by atoms with Crippen LogP contribution in [0.1, 0.15) is 18.9 Å². The zero-order valence-electron chi connectivity index (χ0n) is 8.63. The highest BCUT2D eigenvalue weighted by Gasteiger charge is 2.03.